The van der Waals surface area contributed by atoms with E-state index in [1.807, 2.05) is 0 Å². The average molecular weight is 269 g/mol. The lowest BCUT2D eigenvalue weighted by Gasteiger charge is -2.31. The third-order valence-corrected chi connectivity index (χ3v) is 4.24. The summed E-state index contributed by atoms with van der Waals surface area (Å²) >= 11 is 1.35. The van der Waals surface area contributed by atoms with Crippen molar-refractivity contribution < 1.29 is 8.78 Å². The molecule has 96 valence electrons. The van der Waals surface area contributed by atoms with Crippen LogP contribution in [0.5, 0.6) is 0 Å². The largest absolute Gasteiger partial charge is 0.345 e. The molecule has 0 aliphatic carbocycles. The van der Waals surface area contributed by atoms with Gasteiger partial charge in [0.05, 0.1) is 4.70 Å². The minimum absolute atomic E-state index is 0.273. The lowest BCUT2D eigenvalue weighted by atomic mass is 10.3. The first kappa shape index (κ1) is 11.8. The van der Waals surface area contributed by atoms with E-state index < -0.39 is 11.6 Å². The Labute approximate surface area is 108 Å². The van der Waals surface area contributed by atoms with Crippen molar-refractivity contribution in [1.82, 2.24) is 9.88 Å². The van der Waals surface area contributed by atoms with Crippen LogP contribution in [-0.4, -0.2) is 43.1 Å². The number of anilines is 1. The first-order chi connectivity index (χ1) is 8.63. The zero-order chi connectivity index (χ0) is 12.7. The molecule has 1 fully saturated rings. The van der Waals surface area contributed by atoms with Gasteiger partial charge in [-0.2, -0.15) is 0 Å². The van der Waals surface area contributed by atoms with Gasteiger partial charge in [-0.15, -0.1) is 0 Å². The van der Waals surface area contributed by atoms with Crippen LogP contribution in [0.2, 0.25) is 0 Å². The van der Waals surface area contributed by atoms with Crippen molar-refractivity contribution in [3.63, 3.8) is 0 Å². The average Bonchev–Trinajstić information content (AvgIpc) is 2.74. The van der Waals surface area contributed by atoms with Crippen LogP contribution in [0.25, 0.3) is 10.2 Å². The van der Waals surface area contributed by atoms with Gasteiger partial charge >= 0.3 is 0 Å². The summed E-state index contributed by atoms with van der Waals surface area (Å²) in [5, 5.41) is 0.780. The molecular formula is C12H13F2N3S. The molecule has 0 bridgehead atoms. The van der Waals surface area contributed by atoms with Crippen LogP contribution in [-0.2, 0) is 0 Å². The van der Waals surface area contributed by atoms with Gasteiger partial charge in [-0.05, 0) is 13.1 Å². The Bertz CT molecular complexity index is 576. The smallest absolute Gasteiger partial charge is 0.186 e. The highest BCUT2D eigenvalue weighted by atomic mass is 32.1. The Kier molecular flexibility index (Phi) is 2.91. The van der Waals surface area contributed by atoms with Gasteiger partial charge in [-0.1, -0.05) is 11.3 Å². The fourth-order valence-corrected chi connectivity index (χ4v) is 3.14. The molecule has 2 heterocycles. The van der Waals surface area contributed by atoms with Crippen molar-refractivity contribution >= 4 is 26.7 Å². The van der Waals surface area contributed by atoms with Crippen LogP contribution >= 0.6 is 11.3 Å². The van der Waals surface area contributed by atoms with Crippen molar-refractivity contribution in [1.29, 1.82) is 0 Å². The Morgan fingerprint density at radius 1 is 1.17 bits per heavy atom. The molecular weight excluding hydrogens is 256 g/mol. The second-order valence-corrected chi connectivity index (χ2v) is 5.53. The van der Waals surface area contributed by atoms with Crippen molar-refractivity contribution in [2.75, 3.05) is 38.1 Å². The number of nitrogens with zero attached hydrogens (tertiary/aromatic N) is 3. The number of benzene rings is 1. The van der Waals surface area contributed by atoms with E-state index in [0.29, 0.717) is 4.70 Å². The molecule has 2 aromatic rings. The quantitative estimate of drug-likeness (QED) is 0.792. The molecule has 0 N–H and O–H groups in total. The number of thiazole rings is 1. The van der Waals surface area contributed by atoms with E-state index in [9.17, 15) is 8.78 Å². The molecule has 0 atom stereocenters. The van der Waals surface area contributed by atoms with E-state index >= 15 is 0 Å². The molecule has 3 rings (SSSR count). The molecule has 1 saturated heterocycles. The monoisotopic (exact) mass is 269 g/mol. The first-order valence-corrected chi connectivity index (χ1v) is 6.64. The molecule has 0 unspecified atom stereocenters. The number of likely N-dealkylation sites (N-methyl/N-ethyl adjacent to an activating group) is 1. The van der Waals surface area contributed by atoms with Gasteiger partial charge in [0, 0.05) is 32.2 Å². The Hall–Kier alpha value is -1.27. The van der Waals surface area contributed by atoms with Crippen molar-refractivity contribution in [3.05, 3.63) is 23.8 Å². The van der Waals surface area contributed by atoms with E-state index in [1.165, 1.54) is 17.4 Å². The number of piperazine rings is 1. The van der Waals surface area contributed by atoms with Crippen LogP contribution in [0.3, 0.4) is 0 Å². The maximum atomic E-state index is 13.6. The maximum absolute atomic E-state index is 13.6. The molecule has 3 nitrogen and oxygen atoms in total. The van der Waals surface area contributed by atoms with Gasteiger partial charge in [0.25, 0.3) is 0 Å². The normalized spacial score (nSPS) is 17.6. The fraction of sp³-hybridized carbons (Fsp3) is 0.417. The standard InChI is InChI=1S/C12H13F2N3S/c1-16-2-4-17(5-3-16)12-15-11-9(14)6-8(13)7-10(11)18-12/h6-7H,2-5H2,1H3. The minimum atomic E-state index is -0.582. The van der Waals surface area contributed by atoms with Crippen LogP contribution in [0.1, 0.15) is 0 Å². The summed E-state index contributed by atoms with van der Waals surface area (Å²) in [5.41, 5.74) is 0.273. The Morgan fingerprint density at radius 2 is 1.89 bits per heavy atom. The summed E-state index contributed by atoms with van der Waals surface area (Å²) in [7, 11) is 2.07. The van der Waals surface area contributed by atoms with Crippen LogP contribution in [0, 0.1) is 11.6 Å². The zero-order valence-electron chi connectivity index (χ0n) is 9.99. The lowest BCUT2D eigenvalue weighted by Crippen LogP contribution is -2.44. The van der Waals surface area contributed by atoms with Crippen LogP contribution in [0.4, 0.5) is 13.9 Å². The highest BCUT2D eigenvalue weighted by molar-refractivity contribution is 7.22. The molecule has 18 heavy (non-hydrogen) atoms. The second-order valence-electron chi connectivity index (χ2n) is 4.52. The summed E-state index contributed by atoms with van der Waals surface area (Å²) < 4.78 is 27.3. The van der Waals surface area contributed by atoms with Gasteiger partial charge in [-0.3, -0.25) is 0 Å². The predicted molar refractivity (Wildman–Crippen MR) is 69.2 cm³/mol. The summed E-state index contributed by atoms with van der Waals surface area (Å²) in [5.74, 6) is -1.13. The number of rotatable bonds is 1. The molecule has 0 saturated carbocycles. The lowest BCUT2D eigenvalue weighted by molar-refractivity contribution is 0.313. The van der Waals surface area contributed by atoms with Gasteiger partial charge < -0.3 is 9.80 Å². The number of hydrogen-bond acceptors (Lipinski definition) is 4. The van der Waals surface area contributed by atoms with Crippen LogP contribution < -0.4 is 4.90 Å². The topological polar surface area (TPSA) is 19.4 Å². The summed E-state index contributed by atoms with van der Waals surface area (Å²) in [6.45, 7) is 3.68. The molecule has 0 amide bonds. The number of aromatic nitrogens is 1. The van der Waals surface area contributed by atoms with Crippen LogP contribution in [0.15, 0.2) is 12.1 Å². The van der Waals surface area contributed by atoms with E-state index in [4.69, 9.17) is 0 Å². The van der Waals surface area contributed by atoms with E-state index in [0.717, 1.165) is 37.4 Å². The predicted octanol–water partition coefficient (Wildman–Crippen LogP) is 2.33. The highest BCUT2D eigenvalue weighted by Crippen LogP contribution is 2.31. The number of hydrogen-bond donors (Lipinski definition) is 0. The first-order valence-electron chi connectivity index (χ1n) is 5.82. The van der Waals surface area contributed by atoms with Crippen molar-refractivity contribution in [2.24, 2.45) is 0 Å². The molecule has 1 aromatic heterocycles. The molecule has 0 radical (unpaired) electrons. The van der Waals surface area contributed by atoms with E-state index in [2.05, 4.69) is 21.8 Å². The molecule has 1 aromatic carbocycles. The SMILES string of the molecule is CN1CCN(c2nc3c(F)cc(F)cc3s2)CC1. The van der Waals surface area contributed by atoms with Crippen molar-refractivity contribution in [2.45, 2.75) is 0 Å². The third-order valence-electron chi connectivity index (χ3n) is 3.18. The van der Waals surface area contributed by atoms with Gasteiger partial charge in [0.1, 0.15) is 11.3 Å². The second kappa shape index (κ2) is 4.44. The fourth-order valence-electron chi connectivity index (χ4n) is 2.08. The number of fused-ring (bicyclic) bond motifs is 1. The van der Waals surface area contributed by atoms with E-state index in [1.54, 1.807) is 0 Å². The van der Waals surface area contributed by atoms with Gasteiger partial charge in [0.15, 0.2) is 10.9 Å². The maximum Gasteiger partial charge on any atom is 0.186 e. The summed E-state index contributed by atoms with van der Waals surface area (Å²) in [6.07, 6.45) is 0. The summed E-state index contributed by atoms with van der Waals surface area (Å²) in [4.78, 5) is 8.65. The highest BCUT2D eigenvalue weighted by Gasteiger charge is 2.19. The molecule has 0 spiro atoms. The number of halogens is 2. The Morgan fingerprint density at radius 3 is 2.61 bits per heavy atom. The summed E-state index contributed by atoms with van der Waals surface area (Å²) in [6, 6.07) is 2.23. The van der Waals surface area contributed by atoms with Gasteiger partial charge in [0.2, 0.25) is 0 Å². The van der Waals surface area contributed by atoms with Crippen molar-refractivity contribution in [3.8, 4) is 0 Å². The molecule has 1 aliphatic heterocycles. The molecule has 1 aliphatic rings. The molecule has 6 heteroatoms. The zero-order valence-corrected chi connectivity index (χ0v) is 10.8. The van der Waals surface area contributed by atoms with E-state index in [-0.39, 0.29) is 5.52 Å². The minimum Gasteiger partial charge on any atom is -0.345 e. The Balaban J connectivity index is 1.96. The van der Waals surface area contributed by atoms with Gasteiger partial charge in [-0.25, -0.2) is 13.8 Å². The third kappa shape index (κ3) is 2.06.